The van der Waals surface area contributed by atoms with E-state index in [1.165, 1.54) is 18.2 Å². The number of rotatable bonds is 4. The minimum Gasteiger partial charge on any atom is -0.545 e. The molecular weight excluding hydrogens is 336 g/mol. The SMILES string of the molecule is N#C/C(=C\c1ccc(-c2cccc(C(=O)[O-])c2)o1)C(=O)N1CCOCC1. The lowest BCUT2D eigenvalue weighted by atomic mass is 10.1. The Morgan fingerprint density at radius 1 is 1.19 bits per heavy atom. The number of carbonyl (C=O) groups excluding carboxylic acids is 2. The maximum absolute atomic E-state index is 12.4. The van der Waals surface area contributed by atoms with Crippen LogP contribution in [0.15, 0.2) is 46.4 Å². The van der Waals surface area contributed by atoms with Gasteiger partial charge in [-0.2, -0.15) is 5.26 Å². The molecule has 1 amide bonds. The average Bonchev–Trinajstić information content (AvgIpc) is 3.15. The molecule has 0 spiro atoms. The van der Waals surface area contributed by atoms with E-state index < -0.39 is 5.97 Å². The summed E-state index contributed by atoms with van der Waals surface area (Å²) in [6, 6.07) is 11.3. The predicted molar refractivity (Wildman–Crippen MR) is 89.5 cm³/mol. The fraction of sp³-hybridized carbons (Fsp3) is 0.211. The molecular formula is C19H15N2O5-. The molecule has 7 nitrogen and oxygen atoms in total. The van der Waals surface area contributed by atoms with Crippen molar-refractivity contribution in [3.05, 3.63) is 53.3 Å². The maximum atomic E-state index is 12.4. The second-order valence-corrected chi connectivity index (χ2v) is 5.64. The van der Waals surface area contributed by atoms with Gasteiger partial charge in [0.15, 0.2) is 0 Å². The molecule has 132 valence electrons. The summed E-state index contributed by atoms with van der Waals surface area (Å²) in [5.41, 5.74) is 0.567. The highest BCUT2D eigenvalue weighted by Crippen LogP contribution is 2.24. The number of hydrogen-bond donors (Lipinski definition) is 0. The number of carboxylic acids is 1. The molecule has 1 fully saturated rings. The van der Waals surface area contributed by atoms with Gasteiger partial charge in [-0.05, 0) is 23.8 Å². The predicted octanol–water partition coefficient (Wildman–Crippen LogP) is 1.08. The number of furan rings is 1. The first-order valence-corrected chi connectivity index (χ1v) is 7.99. The van der Waals surface area contributed by atoms with Crippen LogP contribution in [0.25, 0.3) is 17.4 Å². The number of hydrogen-bond acceptors (Lipinski definition) is 6. The van der Waals surface area contributed by atoms with Crippen molar-refractivity contribution in [3.63, 3.8) is 0 Å². The van der Waals surface area contributed by atoms with Crippen molar-refractivity contribution in [2.24, 2.45) is 0 Å². The first kappa shape index (κ1) is 17.5. The third-order valence-corrected chi connectivity index (χ3v) is 3.95. The highest BCUT2D eigenvalue weighted by atomic mass is 16.5. The Hall–Kier alpha value is -3.37. The highest BCUT2D eigenvalue weighted by molar-refractivity contribution is 6.01. The molecule has 0 N–H and O–H groups in total. The summed E-state index contributed by atoms with van der Waals surface area (Å²) in [6.45, 7) is 1.78. The number of nitriles is 1. The number of nitrogens with zero attached hydrogens (tertiary/aromatic N) is 2. The number of aromatic carboxylic acids is 1. The summed E-state index contributed by atoms with van der Waals surface area (Å²) in [6.07, 6.45) is 1.38. The number of amides is 1. The summed E-state index contributed by atoms with van der Waals surface area (Å²) in [5, 5.41) is 20.3. The lowest BCUT2D eigenvalue weighted by Gasteiger charge is -2.26. The molecule has 7 heteroatoms. The molecule has 2 heterocycles. The fourth-order valence-corrected chi connectivity index (χ4v) is 2.61. The Kier molecular flexibility index (Phi) is 5.15. The second-order valence-electron chi connectivity index (χ2n) is 5.64. The summed E-state index contributed by atoms with van der Waals surface area (Å²) in [7, 11) is 0. The topological polar surface area (TPSA) is 107 Å². The van der Waals surface area contributed by atoms with Crippen molar-refractivity contribution in [1.82, 2.24) is 4.90 Å². The van der Waals surface area contributed by atoms with Crippen LogP contribution in [0.4, 0.5) is 0 Å². The van der Waals surface area contributed by atoms with Crippen LogP contribution in [0.3, 0.4) is 0 Å². The molecule has 1 aromatic heterocycles. The molecule has 1 saturated heterocycles. The summed E-state index contributed by atoms with van der Waals surface area (Å²) >= 11 is 0. The van der Waals surface area contributed by atoms with Crippen molar-refractivity contribution in [2.45, 2.75) is 0 Å². The van der Waals surface area contributed by atoms with E-state index in [9.17, 15) is 20.0 Å². The van der Waals surface area contributed by atoms with E-state index in [-0.39, 0.29) is 17.0 Å². The van der Waals surface area contributed by atoms with Gasteiger partial charge in [0.1, 0.15) is 23.2 Å². The van der Waals surface area contributed by atoms with Crippen LogP contribution in [0.5, 0.6) is 0 Å². The van der Waals surface area contributed by atoms with Crippen molar-refractivity contribution in [2.75, 3.05) is 26.3 Å². The van der Waals surface area contributed by atoms with E-state index in [1.54, 1.807) is 29.2 Å². The maximum Gasteiger partial charge on any atom is 0.264 e. The highest BCUT2D eigenvalue weighted by Gasteiger charge is 2.21. The van der Waals surface area contributed by atoms with E-state index in [0.29, 0.717) is 43.4 Å². The number of carboxylic acid groups (broad SMARTS) is 1. The third kappa shape index (κ3) is 3.82. The molecule has 2 aromatic rings. The van der Waals surface area contributed by atoms with Gasteiger partial charge in [-0.15, -0.1) is 0 Å². The zero-order valence-electron chi connectivity index (χ0n) is 13.8. The van der Waals surface area contributed by atoms with Gasteiger partial charge >= 0.3 is 0 Å². The van der Waals surface area contributed by atoms with Gasteiger partial charge in [0, 0.05) is 24.7 Å². The van der Waals surface area contributed by atoms with Gasteiger partial charge in [-0.25, -0.2) is 0 Å². The zero-order chi connectivity index (χ0) is 18.5. The molecule has 1 aromatic carbocycles. The van der Waals surface area contributed by atoms with Crippen LogP contribution in [0, 0.1) is 11.3 Å². The summed E-state index contributed by atoms with van der Waals surface area (Å²) < 4.78 is 10.8. The van der Waals surface area contributed by atoms with Gasteiger partial charge in [0.05, 0.1) is 19.2 Å². The Morgan fingerprint density at radius 2 is 1.96 bits per heavy atom. The molecule has 1 aliphatic heterocycles. The molecule has 0 bridgehead atoms. The quantitative estimate of drug-likeness (QED) is 0.602. The van der Waals surface area contributed by atoms with E-state index >= 15 is 0 Å². The van der Waals surface area contributed by atoms with Gasteiger partial charge in [-0.1, -0.05) is 18.2 Å². The largest absolute Gasteiger partial charge is 0.545 e. The van der Waals surface area contributed by atoms with Crippen LogP contribution >= 0.6 is 0 Å². The van der Waals surface area contributed by atoms with Crippen molar-refractivity contribution < 1.29 is 23.8 Å². The molecule has 0 aliphatic carbocycles. The first-order chi connectivity index (χ1) is 12.6. The van der Waals surface area contributed by atoms with E-state index in [0.717, 1.165) is 0 Å². The summed E-state index contributed by atoms with van der Waals surface area (Å²) in [5.74, 6) is -0.887. The van der Waals surface area contributed by atoms with Crippen LogP contribution < -0.4 is 5.11 Å². The molecule has 26 heavy (non-hydrogen) atoms. The number of morpholine rings is 1. The Labute approximate surface area is 149 Å². The van der Waals surface area contributed by atoms with Crippen LogP contribution in [0.2, 0.25) is 0 Å². The van der Waals surface area contributed by atoms with Crippen molar-refractivity contribution >= 4 is 18.0 Å². The lowest BCUT2D eigenvalue weighted by Crippen LogP contribution is -2.41. The van der Waals surface area contributed by atoms with E-state index in [1.807, 2.05) is 6.07 Å². The molecule has 0 radical (unpaired) electrons. The van der Waals surface area contributed by atoms with Gasteiger partial charge in [0.2, 0.25) is 0 Å². The minimum absolute atomic E-state index is 0.0312. The number of benzene rings is 1. The second kappa shape index (κ2) is 7.68. The van der Waals surface area contributed by atoms with Crippen molar-refractivity contribution in [3.8, 4) is 17.4 Å². The van der Waals surface area contributed by atoms with Crippen LogP contribution in [-0.2, 0) is 9.53 Å². The van der Waals surface area contributed by atoms with Crippen LogP contribution in [0.1, 0.15) is 16.1 Å². The molecule has 1 aliphatic rings. The molecule has 3 rings (SSSR count). The smallest absolute Gasteiger partial charge is 0.264 e. The first-order valence-electron chi connectivity index (χ1n) is 7.99. The lowest BCUT2D eigenvalue weighted by molar-refractivity contribution is -0.255. The Morgan fingerprint density at radius 3 is 2.65 bits per heavy atom. The fourth-order valence-electron chi connectivity index (χ4n) is 2.61. The minimum atomic E-state index is -1.28. The van der Waals surface area contributed by atoms with Gasteiger partial charge in [0.25, 0.3) is 5.91 Å². The molecule has 0 unspecified atom stereocenters. The van der Waals surface area contributed by atoms with Gasteiger partial charge in [-0.3, -0.25) is 4.79 Å². The van der Waals surface area contributed by atoms with Crippen LogP contribution in [-0.4, -0.2) is 43.1 Å². The van der Waals surface area contributed by atoms with E-state index in [4.69, 9.17) is 9.15 Å². The van der Waals surface area contributed by atoms with E-state index in [2.05, 4.69) is 0 Å². The Balaban J connectivity index is 1.83. The number of carbonyl (C=O) groups is 2. The zero-order valence-corrected chi connectivity index (χ0v) is 13.8. The number of ether oxygens (including phenoxy) is 1. The normalized spacial score (nSPS) is 14.7. The third-order valence-electron chi connectivity index (χ3n) is 3.95. The average molecular weight is 351 g/mol. The standard InChI is InChI=1S/C19H16N2O5/c20-12-15(18(22)21-6-8-25-9-7-21)11-16-4-5-17(26-16)13-2-1-3-14(10-13)19(23)24/h1-5,10-11H,6-9H2,(H,23,24)/p-1/b15-11+. The van der Waals surface area contributed by atoms with Crippen molar-refractivity contribution in [1.29, 1.82) is 5.26 Å². The molecule has 0 saturated carbocycles. The Bertz CT molecular complexity index is 901. The monoisotopic (exact) mass is 351 g/mol. The molecule has 0 atom stereocenters. The van der Waals surface area contributed by atoms with Gasteiger partial charge < -0.3 is 24.0 Å². The summed E-state index contributed by atoms with van der Waals surface area (Å²) in [4.78, 5) is 24.9.